The number of piperidine rings is 1. The predicted molar refractivity (Wildman–Crippen MR) is 130 cm³/mol. The summed E-state index contributed by atoms with van der Waals surface area (Å²) >= 11 is 3.26. The Labute approximate surface area is 222 Å². The number of nitrogens with zero attached hydrogens (tertiary/aromatic N) is 4. The third-order valence-corrected chi connectivity index (χ3v) is 7.66. The fraction of sp³-hybridized carbons (Fsp3) is 0.545. The van der Waals surface area contributed by atoms with Crippen molar-refractivity contribution in [3.63, 3.8) is 0 Å². The number of halogens is 1. The Morgan fingerprint density at radius 2 is 1.97 bits per heavy atom. The summed E-state index contributed by atoms with van der Waals surface area (Å²) in [5.41, 5.74) is -0.749. The number of rotatable bonds is 8. The minimum absolute atomic E-state index is 0.0617. The van der Waals surface area contributed by atoms with Crippen LogP contribution in [0.1, 0.15) is 51.4 Å². The maximum absolute atomic E-state index is 12.9. The molecule has 3 heterocycles. The highest BCUT2D eigenvalue weighted by atomic mass is 79.9. The number of fused-ring (bicyclic) bond motifs is 2. The lowest BCUT2D eigenvalue weighted by Crippen LogP contribution is -2.39. The summed E-state index contributed by atoms with van der Waals surface area (Å²) in [6, 6.07) is 4.59. The highest BCUT2D eigenvalue weighted by Crippen LogP contribution is 2.37. The van der Waals surface area contributed by atoms with Gasteiger partial charge in [-0.1, -0.05) is 15.9 Å². The zero-order valence-corrected chi connectivity index (χ0v) is 22.9. The van der Waals surface area contributed by atoms with Crippen LogP contribution in [0, 0.1) is 0 Å². The largest absolute Gasteiger partial charge is 0.444 e. The molecule has 2 saturated heterocycles. The van der Waals surface area contributed by atoms with Crippen LogP contribution >= 0.6 is 15.9 Å². The van der Waals surface area contributed by atoms with Crippen LogP contribution in [0.5, 0.6) is 0 Å². The summed E-state index contributed by atoms with van der Waals surface area (Å²) in [5.74, 6) is 0.235. The van der Waals surface area contributed by atoms with Gasteiger partial charge in [0.25, 0.3) is 10.1 Å². The molecule has 1 aromatic carbocycles. The van der Waals surface area contributed by atoms with Crippen molar-refractivity contribution in [1.82, 2.24) is 25.5 Å². The van der Waals surface area contributed by atoms with Crippen molar-refractivity contribution in [1.29, 1.82) is 0 Å². The van der Waals surface area contributed by atoms with E-state index in [2.05, 4.69) is 31.4 Å². The average Bonchev–Trinajstić information content (AvgIpc) is 3.36. The van der Waals surface area contributed by atoms with Crippen LogP contribution in [0.2, 0.25) is 0 Å². The number of amides is 3. The molecule has 0 radical (unpaired) electrons. The normalized spacial score (nSPS) is 20.7. The van der Waals surface area contributed by atoms with Gasteiger partial charge >= 0.3 is 12.1 Å². The lowest BCUT2D eigenvalue weighted by Gasteiger charge is -2.27. The third-order valence-electron chi connectivity index (χ3n) is 5.75. The summed E-state index contributed by atoms with van der Waals surface area (Å²) in [4.78, 5) is 25.9. The van der Waals surface area contributed by atoms with Gasteiger partial charge in [-0.05, 0) is 57.9 Å². The molecule has 15 heteroatoms. The molecule has 13 nitrogen and oxygen atoms in total. The Hall–Kier alpha value is -2.75. The number of ether oxygens (including phenoxy) is 1. The molecule has 3 atom stereocenters. The number of carbonyl (C=O) groups is 2. The molecule has 0 aliphatic carbocycles. The molecule has 2 aliphatic rings. The monoisotopic (exact) mass is 601 g/mol. The fourth-order valence-electron chi connectivity index (χ4n) is 4.07. The number of nitrogens with one attached hydrogen (secondary N) is 1. The minimum Gasteiger partial charge on any atom is -0.444 e. The van der Waals surface area contributed by atoms with Gasteiger partial charge in [0.05, 0.1) is 17.4 Å². The minimum atomic E-state index is -4.20. The van der Waals surface area contributed by atoms with Gasteiger partial charge in [0.2, 0.25) is 11.8 Å². The van der Waals surface area contributed by atoms with Crippen LogP contribution in [0.25, 0.3) is 0 Å². The van der Waals surface area contributed by atoms with E-state index in [9.17, 15) is 23.2 Å². The Morgan fingerprint density at radius 1 is 1.27 bits per heavy atom. The second kappa shape index (κ2) is 10.6. The fourth-order valence-corrected chi connectivity index (χ4v) is 5.41. The molecule has 2 aromatic rings. The average molecular weight is 602 g/mol. The van der Waals surface area contributed by atoms with Crippen LogP contribution in [0.3, 0.4) is 0 Å². The Morgan fingerprint density at radius 3 is 2.65 bits per heavy atom. The first-order valence-electron chi connectivity index (χ1n) is 11.6. The SMILES string of the molecule is CC(C)(C)OC(=O)NCC(Cc1nnc([C@@H]2CC[C@H]3CN2C(=O)N3O)o1)OS(=O)(=O)c1ccc(Br)cc1. The van der Waals surface area contributed by atoms with Crippen molar-refractivity contribution in [3.05, 3.63) is 40.5 Å². The number of hydrogen-bond acceptors (Lipinski definition) is 10. The second-order valence-corrected chi connectivity index (χ2v) is 12.3. The number of benzene rings is 1. The van der Waals surface area contributed by atoms with Gasteiger partial charge in [0.15, 0.2) is 0 Å². The van der Waals surface area contributed by atoms with E-state index in [1.807, 2.05) is 0 Å². The number of hydroxylamine groups is 2. The number of urea groups is 1. The summed E-state index contributed by atoms with van der Waals surface area (Å²) in [7, 11) is -4.20. The molecule has 2 aliphatic heterocycles. The first-order valence-corrected chi connectivity index (χ1v) is 13.8. The van der Waals surface area contributed by atoms with Crippen LogP contribution in [0.15, 0.2) is 38.1 Å². The van der Waals surface area contributed by atoms with Gasteiger partial charge in [0.1, 0.15) is 17.7 Å². The van der Waals surface area contributed by atoms with Crippen molar-refractivity contribution in [2.45, 2.75) is 68.7 Å². The molecular formula is C22H28BrN5O8S. The van der Waals surface area contributed by atoms with Crippen molar-refractivity contribution in [2.75, 3.05) is 13.1 Å². The lowest BCUT2D eigenvalue weighted by atomic mass is 10.0. The number of carbonyl (C=O) groups excluding carboxylic acids is 2. The molecule has 2 N–H and O–H groups in total. The first-order chi connectivity index (χ1) is 17.3. The van der Waals surface area contributed by atoms with Crippen LogP contribution in [-0.4, -0.2) is 76.7 Å². The Kier molecular flexibility index (Phi) is 7.78. The standard InChI is InChI=1S/C22H28BrN5O8S/c1-22(2,3)35-20(29)24-11-15(36-37(32,33)16-7-4-13(23)5-8-16)10-18-25-26-19(34-18)17-9-6-14-12-27(17)21(30)28(14)31/h4-5,7-8,14-15,17,31H,6,9-12H2,1-3H3,(H,24,29)/t14-,15?,17-/m0/s1. The maximum atomic E-state index is 12.9. The van der Waals surface area contributed by atoms with E-state index >= 15 is 0 Å². The Balaban J connectivity index is 1.49. The summed E-state index contributed by atoms with van der Waals surface area (Å²) in [6.45, 7) is 5.22. The second-order valence-electron chi connectivity index (χ2n) is 9.77. The zero-order valence-electron chi connectivity index (χ0n) is 20.5. The highest BCUT2D eigenvalue weighted by molar-refractivity contribution is 9.10. The van der Waals surface area contributed by atoms with Gasteiger partial charge < -0.3 is 19.4 Å². The summed E-state index contributed by atoms with van der Waals surface area (Å²) in [6.07, 6.45) is -0.906. The predicted octanol–water partition coefficient (Wildman–Crippen LogP) is 3.00. The van der Waals surface area contributed by atoms with Crippen molar-refractivity contribution in [3.8, 4) is 0 Å². The van der Waals surface area contributed by atoms with E-state index in [4.69, 9.17) is 13.3 Å². The molecule has 1 aromatic heterocycles. The molecule has 0 spiro atoms. The molecule has 37 heavy (non-hydrogen) atoms. The van der Waals surface area contributed by atoms with Gasteiger partial charge in [-0.15, -0.1) is 10.2 Å². The molecule has 2 fully saturated rings. The van der Waals surface area contributed by atoms with Gasteiger partial charge in [-0.25, -0.2) is 14.7 Å². The van der Waals surface area contributed by atoms with Gasteiger partial charge in [-0.2, -0.15) is 8.42 Å². The van der Waals surface area contributed by atoms with E-state index in [-0.39, 0.29) is 35.7 Å². The van der Waals surface area contributed by atoms with Crippen molar-refractivity contribution >= 4 is 38.2 Å². The number of aromatic nitrogens is 2. The Bertz CT molecular complexity index is 1250. The molecule has 2 bridgehead atoms. The maximum Gasteiger partial charge on any atom is 0.407 e. The molecule has 3 amide bonds. The molecule has 4 rings (SSSR count). The van der Waals surface area contributed by atoms with E-state index in [0.717, 1.165) is 5.06 Å². The van der Waals surface area contributed by atoms with E-state index < -0.39 is 40.0 Å². The molecule has 0 saturated carbocycles. The molecule has 202 valence electrons. The number of hydrogen-bond donors (Lipinski definition) is 2. The van der Waals surface area contributed by atoms with E-state index in [1.165, 1.54) is 17.0 Å². The quantitative estimate of drug-likeness (QED) is 0.339. The number of alkyl carbamates (subject to hydrolysis) is 1. The van der Waals surface area contributed by atoms with E-state index in [0.29, 0.717) is 23.9 Å². The smallest absolute Gasteiger partial charge is 0.407 e. The summed E-state index contributed by atoms with van der Waals surface area (Å²) in [5, 5.41) is 21.2. The van der Waals surface area contributed by atoms with Crippen molar-refractivity contribution in [2.24, 2.45) is 0 Å². The molecular weight excluding hydrogens is 574 g/mol. The van der Waals surface area contributed by atoms with Crippen molar-refractivity contribution < 1.29 is 36.6 Å². The third kappa shape index (κ3) is 6.58. The van der Waals surface area contributed by atoms with Crippen LogP contribution < -0.4 is 5.32 Å². The van der Waals surface area contributed by atoms with Crippen LogP contribution in [-0.2, 0) is 25.5 Å². The topological polar surface area (TPSA) is 164 Å². The first kappa shape index (κ1) is 27.3. The lowest BCUT2D eigenvalue weighted by molar-refractivity contribution is -0.0584. The highest BCUT2D eigenvalue weighted by Gasteiger charge is 2.46. The summed E-state index contributed by atoms with van der Waals surface area (Å²) < 4.78 is 42.9. The van der Waals surface area contributed by atoms with Crippen LogP contribution in [0.4, 0.5) is 9.59 Å². The zero-order chi connectivity index (χ0) is 27.0. The van der Waals surface area contributed by atoms with Gasteiger partial charge in [0, 0.05) is 17.6 Å². The van der Waals surface area contributed by atoms with E-state index in [1.54, 1.807) is 32.9 Å². The van der Waals surface area contributed by atoms with Gasteiger partial charge in [-0.3, -0.25) is 9.39 Å². The molecule has 1 unspecified atom stereocenters.